The third-order valence-electron chi connectivity index (χ3n) is 5.14. The summed E-state index contributed by atoms with van der Waals surface area (Å²) in [5, 5.41) is 4.25. The number of H-pyrrole nitrogens is 1. The number of hydrogen-bond donors (Lipinski definition) is 2. The molecule has 1 atom stereocenters. The van der Waals surface area contributed by atoms with Crippen molar-refractivity contribution in [2.75, 3.05) is 18.4 Å². The van der Waals surface area contributed by atoms with Gasteiger partial charge in [0.15, 0.2) is 5.11 Å². The molecule has 1 fully saturated rings. The van der Waals surface area contributed by atoms with Crippen molar-refractivity contribution >= 4 is 34.1 Å². The smallest absolute Gasteiger partial charge is 0.173 e. The van der Waals surface area contributed by atoms with Crippen LogP contribution in [0.4, 0.5) is 5.69 Å². The van der Waals surface area contributed by atoms with Gasteiger partial charge in [-0.05, 0) is 68.2 Å². The second-order valence-electron chi connectivity index (χ2n) is 7.17. The number of hydrogen-bond acceptors (Lipinski definition) is 2. The summed E-state index contributed by atoms with van der Waals surface area (Å²) in [6.07, 6.45) is 2.26. The average molecular weight is 365 g/mol. The molecular weight excluding hydrogens is 340 g/mol. The topological polar surface area (TPSA) is 44.0 Å². The lowest BCUT2D eigenvalue weighted by Gasteiger charge is -2.34. The predicted octanol–water partition coefficient (Wildman–Crippen LogP) is 4.76. The lowest BCUT2D eigenvalue weighted by atomic mass is 9.98. The molecule has 2 heterocycles. The van der Waals surface area contributed by atoms with Crippen LogP contribution in [-0.4, -0.2) is 33.1 Å². The van der Waals surface area contributed by atoms with E-state index >= 15 is 0 Å². The Labute approximate surface area is 159 Å². The monoisotopic (exact) mass is 364 g/mol. The molecule has 134 valence electrons. The molecule has 0 radical (unpaired) electrons. The molecular formula is C21H24N4S. The van der Waals surface area contributed by atoms with Gasteiger partial charge in [0.05, 0.1) is 11.0 Å². The molecule has 1 saturated heterocycles. The molecule has 2 N–H and O–H groups in total. The number of para-hydroxylation sites is 2. The van der Waals surface area contributed by atoms with E-state index in [-0.39, 0.29) is 0 Å². The first-order valence-electron chi connectivity index (χ1n) is 9.18. The highest BCUT2D eigenvalue weighted by Crippen LogP contribution is 2.27. The Balaban J connectivity index is 1.49. The van der Waals surface area contributed by atoms with Crippen LogP contribution in [0.15, 0.2) is 42.5 Å². The van der Waals surface area contributed by atoms with Crippen LogP contribution in [0.2, 0.25) is 0 Å². The van der Waals surface area contributed by atoms with Crippen molar-refractivity contribution < 1.29 is 0 Å². The van der Waals surface area contributed by atoms with E-state index < -0.39 is 0 Å². The molecule has 1 aliphatic rings. The number of anilines is 1. The van der Waals surface area contributed by atoms with Gasteiger partial charge in [-0.15, -0.1) is 0 Å². The van der Waals surface area contributed by atoms with Crippen LogP contribution in [0.3, 0.4) is 0 Å². The Hall–Kier alpha value is -2.40. The number of benzene rings is 2. The van der Waals surface area contributed by atoms with Gasteiger partial charge in [0.2, 0.25) is 0 Å². The summed E-state index contributed by atoms with van der Waals surface area (Å²) in [7, 11) is 0. The summed E-state index contributed by atoms with van der Waals surface area (Å²) >= 11 is 5.71. The summed E-state index contributed by atoms with van der Waals surface area (Å²) in [4.78, 5) is 10.6. The number of aromatic nitrogens is 2. The van der Waals surface area contributed by atoms with Crippen molar-refractivity contribution in [3.8, 4) is 0 Å². The number of aryl methyl sites for hydroxylation is 2. The minimum Gasteiger partial charge on any atom is -0.348 e. The number of piperidine rings is 1. The summed E-state index contributed by atoms with van der Waals surface area (Å²) in [6.45, 7) is 6.11. The minimum absolute atomic E-state index is 0.384. The Morgan fingerprint density at radius 1 is 1.23 bits per heavy atom. The van der Waals surface area contributed by atoms with Crippen molar-refractivity contribution in [1.29, 1.82) is 0 Å². The second-order valence-corrected chi connectivity index (χ2v) is 7.56. The molecule has 0 amide bonds. The maximum atomic E-state index is 5.71. The standard InChI is InChI=1S/C21H24N4S/c1-14-9-10-15(2)19(12-14)24-21(26)25-11-5-6-16(13-25)20-22-17-7-3-4-8-18(17)23-20/h3-4,7-10,12,16H,5-6,11,13H2,1-2H3,(H,22,23)(H,24,26). The van der Waals surface area contributed by atoms with Gasteiger partial charge in [-0.1, -0.05) is 24.3 Å². The molecule has 1 unspecified atom stereocenters. The van der Waals surface area contributed by atoms with Gasteiger partial charge >= 0.3 is 0 Å². The number of nitrogens with one attached hydrogen (secondary N) is 2. The van der Waals surface area contributed by atoms with Gasteiger partial charge in [0.25, 0.3) is 0 Å². The molecule has 4 rings (SSSR count). The van der Waals surface area contributed by atoms with Crippen molar-refractivity contribution in [3.05, 3.63) is 59.4 Å². The Bertz CT molecular complexity index is 913. The first kappa shape index (κ1) is 17.0. The summed E-state index contributed by atoms with van der Waals surface area (Å²) in [5.74, 6) is 1.46. The second kappa shape index (κ2) is 7.08. The molecule has 1 aliphatic heterocycles. The van der Waals surface area contributed by atoms with Crippen molar-refractivity contribution in [2.24, 2.45) is 0 Å². The molecule has 2 aromatic carbocycles. The van der Waals surface area contributed by atoms with E-state index in [2.05, 4.69) is 59.4 Å². The lowest BCUT2D eigenvalue weighted by molar-refractivity contribution is 0.307. The Morgan fingerprint density at radius 2 is 2.08 bits per heavy atom. The van der Waals surface area contributed by atoms with E-state index in [1.54, 1.807) is 0 Å². The zero-order chi connectivity index (χ0) is 18.1. The van der Waals surface area contributed by atoms with Crippen LogP contribution in [-0.2, 0) is 0 Å². The van der Waals surface area contributed by atoms with E-state index in [0.29, 0.717) is 5.92 Å². The van der Waals surface area contributed by atoms with Crippen LogP contribution in [0.1, 0.15) is 35.7 Å². The first-order valence-corrected chi connectivity index (χ1v) is 9.59. The summed E-state index contributed by atoms with van der Waals surface area (Å²) in [5.41, 5.74) is 5.69. The van der Waals surface area contributed by atoms with E-state index in [1.165, 1.54) is 11.1 Å². The quantitative estimate of drug-likeness (QED) is 0.644. The Kier molecular flexibility index (Phi) is 4.64. The number of likely N-dealkylation sites (tertiary alicyclic amines) is 1. The van der Waals surface area contributed by atoms with Crippen molar-refractivity contribution in [3.63, 3.8) is 0 Å². The highest BCUT2D eigenvalue weighted by atomic mass is 32.1. The number of nitrogens with zero attached hydrogens (tertiary/aromatic N) is 2. The third-order valence-corrected chi connectivity index (χ3v) is 5.50. The van der Waals surface area contributed by atoms with Crippen molar-refractivity contribution in [1.82, 2.24) is 14.9 Å². The highest BCUT2D eigenvalue weighted by molar-refractivity contribution is 7.80. The number of fused-ring (bicyclic) bond motifs is 1. The van der Waals surface area contributed by atoms with Gasteiger partial charge in [0, 0.05) is 24.7 Å². The highest BCUT2D eigenvalue weighted by Gasteiger charge is 2.25. The summed E-state index contributed by atoms with van der Waals surface area (Å²) in [6, 6.07) is 14.6. The van der Waals surface area contributed by atoms with Crippen LogP contribution < -0.4 is 5.32 Å². The van der Waals surface area contributed by atoms with Gasteiger partial charge in [-0.3, -0.25) is 0 Å². The normalized spacial score (nSPS) is 17.5. The maximum absolute atomic E-state index is 5.71. The molecule has 26 heavy (non-hydrogen) atoms. The number of imidazole rings is 1. The van der Waals surface area contributed by atoms with Crippen LogP contribution in [0.25, 0.3) is 11.0 Å². The molecule has 4 nitrogen and oxygen atoms in total. The van der Waals surface area contributed by atoms with Gasteiger partial charge < -0.3 is 15.2 Å². The van der Waals surface area contributed by atoms with Crippen LogP contribution >= 0.6 is 12.2 Å². The average Bonchev–Trinajstić information content (AvgIpc) is 3.09. The maximum Gasteiger partial charge on any atom is 0.173 e. The van der Waals surface area contributed by atoms with Gasteiger partial charge in [-0.2, -0.15) is 0 Å². The molecule has 0 saturated carbocycles. The van der Waals surface area contributed by atoms with E-state index in [1.807, 2.05) is 12.1 Å². The van der Waals surface area contributed by atoms with Crippen LogP contribution in [0.5, 0.6) is 0 Å². The fourth-order valence-electron chi connectivity index (χ4n) is 3.62. The van der Waals surface area contributed by atoms with E-state index in [0.717, 1.165) is 53.6 Å². The molecule has 3 aromatic rings. The lowest BCUT2D eigenvalue weighted by Crippen LogP contribution is -2.41. The predicted molar refractivity (Wildman–Crippen MR) is 112 cm³/mol. The van der Waals surface area contributed by atoms with Crippen molar-refractivity contribution in [2.45, 2.75) is 32.6 Å². The summed E-state index contributed by atoms with van der Waals surface area (Å²) < 4.78 is 0. The van der Waals surface area contributed by atoms with Crippen LogP contribution in [0, 0.1) is 13.8 Å². The SMILES string of the molecule is Cc1ccc(C)c(NC(=S)N2CCCC(c3nc4ccccc4[nH]3)C2)c1. The number of rotatable bonds is 2. The molecule has 1 aromatic heterocycles. The van der Waals surface area contributed by atoms with E-state index in [4.69, 9.17) is 17.2 Å². The zero-order valence-electron chi connectivity index (χ0n) is 15.2. The molecule has 0 bridgehead atoms. The fourth-order valence-corrected chi connectivity index (χ4v) is 3.89. The molecule has 0 aliphatic carbocycles. The van der Waals surface area contributed by atoms with E-state index in [9.17, 15) is 0 Å². The van der Waals surface area contributed by atoms with Gasteiger partial charge in [0.1, 0.15) is 5.82 Å². The Morgan fingerprint density at radius 3 is 2.92 bits per heavy atom. The first-order chi connectivity index (χ1) is 12.6. The number of aromatic amines is 1. The third kappa shape index (κ3) is 3.44. The molecule has 5 heteroatoms. The molecule has 0 spiro atoms. The zero-order valence-corrected chi connectivity index (χ0v) is 16.1. The number of thiocarbonyl (C=S) groups is 1. The minimum atomic E-state index is 0.384. The fraction of sp³-hybridized carbons (Fsp3) is 0.333. The van der Waals surface area contributed by atoms with Gasteiger partial charge in [-0.25, -0.2) is 4.98 Å². The largest absolute Gasteiger partial charge is 0.348 e.